The maximum absolute atomic E-state index is 6.34. The third kappa shape index (κ3) is 6.07. The first-order chi connectivity index (χ1) is 9.19. The summed E-state index contributed by atoms with van der Waals surface area (Å²) in [6.45, 7) is 9.08. The molecule has 0 fully saturated rings. The van der Waals surface area contributed by atoms with Gasteiger partial charge in [-0.05, 0) is 46.5 Å². The van der Waals surface area contributed by atoms with E-state index in [0.717, 1.165) is 31.0 Å². The number of halogens is 1. The summed E-state index contributed by atoms with van der Waals surface area (Å²) in [4.78, 5) is 8.72. The number of hydrogen-bond acceptors (Lipinski definition) is 4. The van der Waals surface area contributed by atoms with Gasteiger partial charge < -0.3 is 15.1 Å². The normalized spacial score (nSPS) is 12.0. The van der Waals surface area contributed by atoms with Gasteiger partial charge >= 0.3 is 0 Å². The number of aromatic nitrogens is 1. The Morgan fingerprint density at radius 2 is 1.85 bits per heavy atom. The van der Waals surface area contributed by atoms with Crippen molar-refractivity contribution in [2.45, 2.75) is 32.9 Å². The molecule has 1 aromatic rings. The maximum Gasteiger partial charge on any atom is 0.147 e. The number of anilines is 1. The molecule has 0 aliphatic rings. The predicted molar refractivity (Wildman–Crippen MR) is 87.7 cm³/mol. The highest BCUT2D eigenvalue weighted by Gasteiger charge is 2.11. The van der Waals surface area contributed by atoms with Crippen molar-refractivity contribution >= 4 is 17.4 Å². The zero-order valence-corrected chi connectivity index (χ0v) is 14.3. The lowest BCUT2D eigenvalue weighted by molar-refractivity contribution is 0.416. The van der Waals surface area contributed by atoms with Gasteiger partial charge in [0.1, 0.15) is 5.82 Å². The van der Waals surface area contributed by atoms with Gasteiger partial charge in [-0.15, -0.1) is 0 Å². The SMILES string of the molecule is CN(C)CCN(C)c1ncc(CNC(C)(C)C)cc1Cl. The van der Waals surface area contributed by atoms with E-state index in [9.17, 15) is 0 Å². The van der Waals surface area contributed by atoms with E-state index in [1.54, 1.807) is 0 Å². The summed E-state index contributed by atoms with van der Waals surface area (Å²) in [5.74, 6) is 0.841. The molecule has 0 bridgehead atoms. The van der Waals surface area contributed by atoms with Crippen LogP contribution in [-0.4, -0.2) is 49.7 Å². The summed E-state index contributed by atoms with van der Waals surface area (Å²) in [6, 6.07) is 1.99. The second-order valence-electron chi connectivity index (χ2n) is 6.48. The van der Waals surface area contributed by atoms with E-state index >= 15 is 0 Å². The highest BCUT2D eigenvalue weighted by molar-refractivity contribution is 6.33. The highest BCUT2D eigenvalue weighted by Crippen LogP contribution is 2.23. The summed E-state index contributed by atoms with van der Waals surface area (Å²) in [5.41, 5.74) is 1.20. The zero-order valence-electron chi connectivity index (χ0n) is 13.5. The van der Waals surface area contributed by atoms with Crippen LogP contribution in [0.4, 0.5) is 5.82 Å². The molecular formula is C15H27ClN4. The molecule has 1 aromatic heterocycles. The molecule has 20 heavy (non-hydrogen) atoms. The molecule has 114 valence electrons. The van der Waals surface area contributed by atoms with Crippen molar-refractivity contribution in [2.24, 2.45) is 0 Å². The Labute approximate surface area is 128 Å². The monoisotopic (exact) mass is 298 g/mol. The van der Waals surface area contributed by atoms with Gasteiger partial charge in [0.25, 0.3) is 0 Å². The number of nitrogens with zero attached hydrogens (tertiary/aromatic N) is 3. The Hall–Kier alpha value is -0.840. The average molecular weight is 299 g/mol. The van der Waals surface area contributed by atoms with Crippen LogP contribution in [0, 0.1) is 0 Å². The van der Waals surface area contributed by atoms with Crippen molar-refractivity contribution in [3.63, 3.8) is 0 Å². The molecule has 0 spiro atoms. The fourth-order valence-electron chi connectivity index (χ4n) is 1.67. The van der Waals surface area contributed by atoms with Gasteiger partial charge in [-0.25, -0.2) is 4.98 Å². The summed E-state index contributed by atoms with van der Waals surface area (Å²) in [6.07, 6.45) is 1.89. The lowest BCUT2D eigenvalue weighted by atomic mass is 10.1. The number of nitrogens with one attached hydrogen (secondary N) is 1. The largest absolute Gasteiger partial charge is 0.357 e. The minimum absolute atomic E-state index is 0.0909. The van der Waals surface area contributed by atoms with E-state index in [4.69, 9.17) is 11.6 Å². The Kier molecular flexibility index (Phi) is 6.24. The Morgan fingerprint density at radius 1 is 1.20 bits per heavy atom. The minimum atomic E-state index is 0.0909. The molecule has 0 atom stereocenters. The topological polar surface area (TPSA) is 31.4 Å². The lowest BCUT2D eigenvalue weighted by Crippen LogP contribution is -2.35. The van der Waals surface area contributed by atoms with Crippen LogP contribution >= 0.6 is 11.6 Å². The van der Waals surface area contributed by atoms with Crippen molar-refractivity contribution in [2.75, 3.05) is 39.1 Å². The second kappa shape index (κ2) is 7.25. The van der Waals surface area contributed by atoms with Gasteiger partial charge in [0.2, 0.25) is 0 Å². The average Bonchev–Trinajstić information content (AvgIpc) is 2.32. The van der Waals surface area contributed by atoms with Gasteiger partial charge in [0, 0.05) is 38.4 Å². The molecule has 0 aliphatic carbocycles. The molecule has 0 saturated heterocycles. The summed E-state index contributed by atoms with van der Waals surface area (Å²) in [7, 11) is 6.14. The van der Waals surface area contributed by atoms with Crippen LogP contribution in [0.5, 0.6) is 0 Å². The summed E-state index contributed by atoms with van der Waals surface area (Å²) >= 11 is 6.34. The van der Waals surface area contributed by atoms with Gasteiger partial charge in [0.15, 0.2) is 0 Å². The van der Waals surface area contributed by atoms with E-state index in [2.05, 4.69) is 55.0 Å². The van der Waals surface area contributed by atoms with E-state index in [1.807, 2.05) is 19.3 Å². The smallest absolute Gasteiger partial charge is 0.147 e. The van der Waals surface area contributed by atoms with Crippen molar-refractivity contribution < 1.29 is 0 Å². The van der Waals surface area contributed by atoms with E-state index in [-0.39, 0.29) is 5.54 Å². The van der Waals surface area contributed by atoms with Crippen LogP contribution in [-0.2, 0) is 6.54 Å². The molecule has 0 saturated carbocycles. The highest BCUT2D eigenvalue weighted by atomic mass is 35.5. The molecule has 0 aromatic carbocycles. The predicted octanol–water partition coefficient (Wildman–Crippen LogP) is 2.62. The van der Waals surface area contributed by atoms with Crippen molar-refractivity contribution in [1.29, 1.82) is 0 Å². The van der Waals surface area contributed by atoms with Gasteiger partial charge in [-0.2, -0.15) is 0 Å². The molecular weight excluding hydrogens is 272 g/mol. The molecule has 1 N–H and O–H groups in total. The molecule has 5 heteroatoms. The molecule has 1 heterocycles. The van der Waals surface area contributed by atoms with Crippen LogP contribution in [0.1, 0.15) is 26.3 Å². The van der Waals surface area contributed by atoms with Crippen molar-refractivity contribution in [3.05, 3.63) is 22.8 Å². The molecule has 0 amide bonds. The van der Waals surface area contributed by atoms with Gasteiger partial charge in [-0.3, -0.25) is 0 Å². The van der Waals surface area contributed by atoms with Crippen LogP contribution in [0.2, 0.25) is 5.02 Å². The second-order valence-corrected chi connectivity index (χ2v) is 6.88. The third-order valence-electron chi connectivity index (χ3n) is 2.95. The van der Waals surface area contributed by atoms with E-state index < -0.39 is 0 Å². The van der Waals surface area contributed by atoms with E-state index in [1.165, 1.54) is 0 Å². The van der Waals surface area contributed by atoms with Crippen LogP contribution < -0.4 is 10.2 Å². The third-order valence-corrected chi connectivity index (χ3v) is 3.22. The number of likely N-dealkylation sites (N-methyl/N-ethyl adjacent to an activating group) is 2. The zero-order chi connectivity index (χ0) is 15.3. The fourth-order valence-corrected chi connectivity index (χ4v) is 2.00. The number of rotatable bonds is 6. The molecule has 1 rings (SSSR count). The van der Waals surface area contributed by atoms with Crippen LogP contribution in [0.25, 0.3) is 0 Å². The first-order valence-electron chi connectivity index (χ1n) is 6.94. The first-order valence-corrected chi connectivity index (χ1v) is 7.32. The number of hydrogen-bond donors (Lipinski definition) is 1. The Morgan fingerprint density at radius 3 is 2.35 bits per heavy atom. The lowest BCUT2D eigenvalue weighted by Gasteiger charge is -2.23. The molecule has 0 aliphatic heterocycles. The van der Waals surface area contributed by atoms with Gasteiger partial charge in [-0.1, -0.05) is 11.6 Å². The van der Waals surface area contributed by atoms with E-state index in [0.29, 0.717) is 5.02 Å². The molecule has 4 nitrogen and oxygen atoms in total. The first kappa shape index (κ1) is 17.2. The Balaban J connectivity index is 2.67. The fraction of sp³-hybridized carbons (Fsp3) is 0.667. The quantitative estimate of drug-likeness (QED) is 0.875. The number of pyridine rings is 1. The molecule has 0 radical (unpaired) electrons. The van der Waals surface area contributed by atoms with Crippen molar-refractivity contribution in [1.82, 2.24) is 15.2 Å². The summed E-state index contributed by atoms with van der Waals surface area (Å²) < 4.78 is 0. The molecule has 0 unspecified atom stereocenters. The Bertz CT molecular complexity index is 426. The van der Waals surface area contributed by atoms with Crippen molar-refractivity contribution in [3.8, 4) is 0 Å². The maximum atomic E-state index is 6.34. The standard InChI is InChI=1S/C15H27ClN4/c1-15(2,3)18-11-12-9-13(16)14(17-10-12)20(6)8-7-19(4)5/h9-10,18H,7-8,11H2,1-6H3. The van der Waals surface area contributed by atoms with Gasteiger partial charge in [0.05, 0.1) is 5.02 Å². The summed E-state index contributed by atoms with van der Waals surface area (Å²) in [5, 5.41) is 4.14. The van der Waals surface area contributed by atoms with Crippen LogP contribution in [0.3, 0.4) is 0 Å². The minimum Gasteiger partial charge on any atom is -0.357 e. The van der Waals surface area contributed by atoms with Crippen LogP contribution in [0.15, 0.2) is 12.3 Å².